The van der Waals surface area contributed by atoms with Gasteiger partial charge in [-0.2, -0.15) is 13.2 Å². The minimum absolute atomic E-state index is 0.0300. The van der Waals surface area contributed by atoms with Crippen LogP contribution in [0.3, 0.4) is 0 Å². The minimum atomic E-state index is -4.17. The normalized spacial score (nSPS) is 24.6. The maximum Gasteiger partial charge on any atom is 0.389 e. The average molecular weight is 280 g/mol. The van der Waals surface area contributed by atoms with Crippen molar-refractivity contribution in [2.24, 2.45) is 0 Å². The summed E-state index contributed by atoms with van der Waals surface area (Å²) in [7, 11) is 0. The summed E-state index contributed by atoms with van der Waals surface area (Å²) in [4.78, 5) is 25.0. The second-order valence-corrected chi connectivity index (χ2v) is 5.03. The van der Waals surface area contributed by atoms with Crippen LogP contribution < -0.4 is 5.32 Å². The van der Waals surface area contributed by atoms with E-state index in [0.717, 1.165) is 0 Å². The summed E-state index contributed by atoms with van der Waals surface area (Å²) >= 11 is 0. The van der Waals surface area contributed by atoms with E-state index in [2.05, 4.69) is 5.32 Å². The molecule has 4 nitrogen and oxygen atoms in total. The molecule has 0 aliphatic carbocycles. The lowest BCUT2D eigenvalue weighted by atomic mass is 9.94. The molecule has 1 heterocycles. The summed E-state index contributed by atoms with van der Waals surface area (Å²) < 4.78 is 36.0. The Kier molecular flexibility index (Phi) is 4.81. The first-order valence-corrected chi connectivity index (χ1v) is 6.35. The fourth-order valence-corrected chi connectivity index (χ4v) is 2.04. The van der Waals surface area contributed by atoms with Crippen molar-refractivity contribution in [3.8, 4) is 0 Å². The Balaban J connectivity index is 2.49. The van der Waals surface area contributed by atoms with Gasteiger partial charge in [-0.15, -0.1) is 0 Å². The van der Waals surface area contributed by atoms with Gasteiger partial charge in [-0.1, -0.05) is 6.92 Å². The number of alkyl halides is 3. The monoisotopic (exact) mass is 280 g/mol. The Labute approximate surface area is 110 Å². The van der Waals surface area contributed by atoms with Crippen molar-refractivity contribution < 1.29 is 22.8 Å². The van der Waals surface area contributed by atoms with Crippen LogP contribution >= 0.6 is 0 Å². The topological polar surface area (TPSA) is 49.4 Å². The quantitative estimate of drug-likeness (QED) is 0.781. The van der Waals surface area contributed by atoms with E-state index in [-0.39, 0.29) is 37.7 Å². The largest absolute Gasteiger partial charge is 0.389 e. The third-order valence-corrected chi connectivity index (χ3v) is 3.35. The van der Waals surface area contributed by atoms with E-state index in [9.17, 15) is 22.8 Å². The van der Waals surface area contributed by atoms with Crippen molar-refractivity contribution >= 4 is 11.8 Å². The zero-order chi connectivity index (χ0) is 14.7. The highest BCUT2D eigenvalue weighted by molar-refractivity contribution is 5.97. The maximum atomic E-state index is 12.1. The molecule has 0 aromatic rings. The standard InChI is InChI=1S/C12H19F3N2O2/c1-3-11(2)10(19)17(8-9(18)16-11)7-5-4-6-12(13,14)15/h3-8H2,1-2H3,(H,16,18). The number of hydrogen-bond donors (Lipinski definition) is 1. The highest BCUT2D eigenvalue weighted by Gasteiger charge is 2.41. The van der Waals surface area contributed by atoms with Crippen LogP contribution in [0.1, 0.15) is 39.5 Å². The van der Waals surface area contributed by atoms with Gasteiger partial charge in [0, 0.05) is 13.0 Å². The molecule has 1 N–H and O–H groups in total. The predicted molar refractivity (Wildman–Crippen MR) is 63.3 cm³/mol. The number of carbonyl (C=O) groups excluding carboxylic acids is 2. The van der Waals surface area contributed by atoms with Crippen LogP contribution in [0.2, 0.25) is 0 Å². The summed E-state index contributed by atoms with van der Waals surface area (Å²) in [6.07, 6.45) is -4.35. The Morgan fingerprint density at radius 3 is 2.47 bits per heavy atom. The molecule has 110 valence electrons. The summed E-state index contributed by atoms with van der Waals surface area (Å²) in [5, 5.41) is 2.63. The van der Waals surface area contributed by atoms with Gasteiger partial charge in [-0.05, 0) is 26.2 Å². The van der Waals surface area contributed by atoms with Crippen LogP contribution in [-0.4, -0.2) is 41.5 Å². The van der Waals surface area contributed by atoms with Gasteiger partial charge in [0.1, 0.15) is 5.54 Å². The second-order valence-electron chi connectivity index (χ2n) is 5.03. The molecule has 7 heteroatoms. The SMILES string of the molecule is CCC1(C)NC(=O)CN(CCCCC(F)(F)F)C1=O. The van der Waals surface area contributed by atoms with Gasteiger partial charge in [0.2, 0.25) is 11.8 Å². The minimum Gasteiger partial charge on any atom is -0.340 e. The summed E-state index contributed by atoms with van der Waals surface area (Å²) in [5.41, 5.74) is -0.931. The van der Waals surface area contributed by atoms with E-state index < -0.39 is 18.1 Å². The number of halogens is 3. The molecule has 1 saturated heterocycles. The Morgan fingerprint density at radius 2 is 1.95 bits per heavy atom. The molecular formula is C12H19F3N2O2. The smallest absolute Gasteiger partial charge is 0.340 e. The van der Waals surface area contributed by atoms with Crippen molar-refractivity contribution in [1.29, 1.82) is 0 Å². The Morgan fingerprint density at radius 1 is 1.32 bits per heavy atom. The molecule has 0 radical (unpaired) electrons. The molecule has 1 fully saturated rings. The number of nitrogens with zero attached hydrogens (tertiary/aromatic N) is 1. The van der Waals surface area contributed by atoms with Crippen LogP contribution in [0.25, 0.3) is 0 Å². The van der Waals surface area contributed by atoms with Crippen LogP contribution in [0, 0.1) is 0 Å². The summed E-state index contributed by atoms with van der Waals surface area (Å²) in [6.45, 7) is 3.54. The first-order chi connectivity index (χ1) is 8.68. The number of carbonyl (C=O) groups is 2. The van der Waals surface area contributed by atoms with Gasteiger partial charge in [0.25, 0.3) is 0 Å². The van der Waals surface area contributed by atoms with Gasteiger partial charge in [-0.3, -0.25) is 9.59 Å². The van der Waals surface area contributed by atoms with Crippen molar-refractivity contribution in [1.82, 2.24) is 10.2 Å². The fraction of sp³-hybridized carbons (Fsp3) is 0.833. The van der Waals surface area contributed by atoms with Gasteiger partial charge in [0.15, 0.2) is 0 Å². The molecule has 1 aliphatic heterocycles. The molecule has 0 aromatic carbocycles. The van der Waals surface area contributed by atoms with Crippen LogP contribution in [0.15, 0.2) is 0 Å². The van der Waals surface area contributed by atoms with Crippen molar-refractivity contribution in [3.05, 3.63) is 0 Å². The first-order valence-electron chi connectivity index (χ1n) is 6.35. The zero-order valence-corrected chi connectivity index (χ0v) is 11.1. The van der Waals surface area contributed by atoms with Crippen molar-refractivity contribution in [2.45, 2.75) is 51.2 Å². The van der Waals surface area contributed by atoms with Crippen LogP contribution in [-0.2, 0) is 9.59 Å². The van der Waals surface area contributed by atoms with Crippen molar-refractivity contribution in [2.75, 3.05) is 13.1 Å². The number of nitrogens with one attached hydrogen (secondary N) is 1. The number of piperazine rings is 1. The first kappa shape index (κ1) is 15.8. The number of unbranched alkanes of at least 4 members (excludes halogenated alkanes) is 1. The van der Waals surface area contributed by atoms with Crippen LogP contribution in [0.5, 0.6) is 0 Å². The van der Waals surface area contributed by atoms with E-state index in [1.54, 1.807) is 13.8 Å². The predicted octanol–water partition coefficient (Wildman–Crippen LogP) is 1.85. The lowest BCUT2D eigenvalue weighted by Crippen LogP contribution is -2.65. The van der Waals surface area contributed by atoms with Gasteiger partial charge in [0.05, 0.1) is 6.54 Å². The van der Waals surface area contributed by atoms with E-state index >= 15 is 0 Å². The molecule has 0 bridgehead atoms. The number of hydrogen-bond acceptors (Lipinski definition) is 2. The molecule has 0 aromatic heterocycles. The van der Waals surface area contributed by atoms with E-state index in [0.29, 0.717) is 6.42 Å². The van der Waals surface area contributed by atoms with Gasteiger partial charge >= 0.3 is 6.18 Å². The second kappa shape index (κ2) is 5.79. The average Bonchev–Trinajstić information content (AvgIpc) is 2.29. The lowest BCUT2D eigenvalue weighted by molar-refractivity contribution is -0.149. The van der Waals surface area contributed by atoms with Gasteiger partial charge in [-0.25, -0.2) is 0 Å². The van der Waals surface area contributed by atoms with Crippen molar-refractivity contribution in [3.63, 3.8) is 0 Å². The van der Waals surface area contributed by atoms with E-state index in [1.165, 1.54) is 4.90 Å². The molecule has 0 spiro atoms. The van der Waals surface area contributed by atoms with E-state index in [1.807, 2.05) is 0 Å². The highest BCUT2D eigenvalue weighted by Crippen LogP contribution is 2.23. The lowest BCUT2D eigenvalue weighted by Gasteiger charge is -2.39. The summed E-state index contributed by atoms with van der Waals surface area (Å²) in [6, 6.07) is 0. The number of rotatable bonds is 5. The van der Waals surface area contributed by atoms with Crippen LogP contribution in [0.4, 0.5) is 13.2 Å². The molecule has 0 saturated carbocycles. The fourth-order valence-electron chi connectivity index (χ4n) is 2.04. The molecule has 1 rings (SSSR count). The third-order valence-electron chi connectivity index (χ3n) is 3.35. The Bertz CT molecular complexity index is 357. The molecule has 2 amide bonds. The molecule has 1 atom stereocenters. The zero-order valence-electron chi connectivity index (χ0n) is 11.1. The molecular weight excluding hydrogens is 261 g/mol. The highest BCUT2D eigenvalue weighted by atomic mass is 19.4. The molecule has 19 heavy (non-hydrogen) atoms. The molecule has 1 unspecified atom stereocenters. The Hall–Kier alpha value is -1.27. The molecule has 1 aliphatic rings. The van der Waals surface area contributed by atoms with Gasteiger partial charge < -0.3 is 10.2 Å². The summed E-state index contributed by atoms with van der Waals surface area (Å²) in [5.74, 6) is -0.485. The third kappa shape index (κ3) is 4.40. The van der Waals surface area contributed by atoms with E-state index in [4.69, 9.17) is 0 Å². The maximum absolute atomic E-state index is 12.1. The number of amides is 2.